The lowest BCUT2D eigenvalue weighted by Gasteiger charge is -2.27. The van der Waals surface area contributed by atoms with Gasteiger partial charge in [-0.05, 0) is 37.6 Å². The number of thiazole rings is 1. The van der Waals surface area contributed by atoms with Crippen molar-refractivity contribution in [2.24, 2.45) is 7.05 Å². The first kappa shape index (κ1) is 20.8. The number of rotatable bonds is 8. The standard InChI is InChI=1S/C21H27N5O3S/c1-3-29-16-5-6-17-19(15-16)30-21(22-17)26(20(27)18-7-10-24(2)23-18)9-4-8-25-11-13-28-14-12-25/h5-7,10,15H,3-4,8-9,11-14H2,1-2H3. The fraction of sp³-hybridized carbons (Fsp3) is 0.476. The molecule has 1 aliphatic heterocycles. The van der Waals surface area contributed by atoms with Gasteiger partial charge in [-0.3, -0.25) is 19.3 Å². The Morgan fingerprint density at radius 1 is 1.30 bits per heavy atom. The Hall–Kier alpha value is -2.49. The number of morpholine rings is 1. The molecule has 0 saturated carbocycles. The molecule has 0 atom stereocenters. The van der Waals surface area contributed by atoms with Crippen molar-refractivity contribution in [2.45, 2.75) is 13.3 Å². The third-order valence-corrected chi connectivity index (χ3v) is 6.07. The third-order valence-electron chi connectivity index (χ3n) is 5.03. The maximum absolute atomic E-state index is 13.2. The molecule has 4 rings (SSSR count). The van der Waals surface area contributed by atoms with E-state index >= 15 is 0 Å². The van der Waals surface area contributed by atoms with Crippen molar-refractivity contribution in [3.05, 3.63) is 36.2 Å². The molecule has 160 valence electrons. The van der Waals surface area contributed by atoms with E-state index < -0.39 is 0 Å². The molecule has 0 N–H and O–H groups in total. The van der Waals surface area contributed by atoms with Gasteiger partial charge in [-0.25, -0.2) is 4.98 Å². The van der Waals surface area contributed by atoms with Crippen LogP contribution in [0.2, 0.25) is 0 Å². The average molecular weight is 430 g/mol. The maximum atomic E-state index is 13.2. The number of fused-ring (bicyclic) bond motifs is 1. The Kier molecular flexibility index (Phi) is 6.61. The average Bonchev–Trinajstić information content (AvgIpc) is 3.37. The van der Waals surface area contributed by atoms with Crippen molar-refractivity contribution in [1.29, 1.82) is 0 Å². The third kappa shape index (κ3) is 4.80. The summed E-state index contributed by atoms with van der Waals surface area (Å²) in [5.41, 5.74) is 1.29. The Labute approximate surface area is 180 Å². The largest absolute Gasteiger partial charge is 0.494 e. The van der Waals surface area contributed by atoms with Crippen molar-refractivity contribution in [3.63, 3.8) is 0 Å². The van der Waals surface area contributed by atoms with Crippen molar-refractivity contribution < 1.29 is 14.3 Å². The molecule has 8 nitrogen and oxygen atoms in total. The van der Waals surface area contributed by atoms with E-state index in [2.05, 4.69) is 10.00 Å². The van der Waals surface area contributed by atoms with E-state index in [1.54, 1.807) is 21.8 Å². The summed E-state index contributed by atoms with van der Waals surface area (Å²) in [7, 11) is 1.81. The molecule has 0 bridgehead atoms. The van der Waals surface area contributed by atoms with Crippen molar-refractivity contribution in [2.75, 3.05) is 50.9 Å². The van der Waals surface area contributed by atoms with Crippen LogP contribution < -0.4 is 9.64 Å². The number of carbonyl (C=O) groups is 1. The summed E-state index contributed by atoms with van der Waals surface area (Å²) >= 11 is 1.51. The molecule has 0 radical (unpaired) electrons. The molecule has 1 aliphatic rings. The number of amides is 1. The molecule has 1 aromatic carbocycles. The number of aromatic nitrogens is 3. The van der Waals surface area contributed by atoms with E-state index in [0.717, 1.165) is 55.2 Å². The van der Waals surface area contributed by atoms with Crippen LogP contribution in [0.4, 0.5) is 5.13 Å². The number of benzene rings is 1. The summed E-state index contributed by atoms with van der Waals surface area (Å²) < 4.78 is 13.7. The minimum absolute atomic E-state index is 0.123. The second kappa shape index (κ2) is 9.55. The lowest BCUT2D eigenvalue weighted by Crippen LogP contribution is -2.39. The predicted molar refractivity (Wildman–Crippen MR) is 118 cm³/mol. The fourth-order valence-electron chi connectivity index (χ4n) is 3.49. The van der Waals surface area contributed by atoms with Crippen LogP contribution in [0.1, 0.15) is 23.8 Å². The van der Waals surface area contributed by atoms with Crippen LogP contribution >= 0.6 is 11.3 Å². The smallest absolute Gasteiger partial charge is 0.280 e. The highest BCUT2D eigenvalue weighted by molar-refractivity contribution is 7.22. The Bertz CT molecular complexity index is 996. The monoisotopic (exact) mass is 429 g/mol. The van der Waals surface area contributed by atoms with Gasteiger partial charge in [0.25, 0.3) is 5.91 Å². The number of hydrogen-bond acceptors (Lipinski definition) is 7. The van der Waals surface area contributed by atoms with Crippen LogP contribution in [0.5, 0.6) is 5.75 Å². The number of carbonyl (C=O) groups excluding carboxylic acids is 1. The molecule has 3 heterocycles. The number of aryl methyl sites for hydroxylation is 1. The van der Waals surface area contributed by atoms with E-state index in [1.807, 2.05) is 32.2 Å². The van der Waals surface area contributed by atoms with E-state index in [9.17, 15) is 4.79 Å². The number of anilines is 1. The number of hydrogen-bond donors (Lipinski definition) is 0. The summed E-state index contributed by atoms with van der Waals surface area (Å²) in [5.74, 6) is 0.691. The highest BCUT2D eigenvalue weighted by atomic mass is 32.1. The SMILES string of the molecule is CCOc1ccc2nc(N(CCCN3CCOCC3)C(=O)c3ccn(C)n3)sc2c1. The predicted octanol–water partition coefficient (Wildman–Crippen LogP) is 2.80. The van der Waals surface area contributed by atoms with Crippen LogP contribution in [0.15, 0.2) is 30.5 Å². The first-order chi connectivity index (χ1) is 14.6. The van der Waals surface area contributed by atoms with Crippen molar-refractivity contribution in [3.8, 4) is 5.75 Å². The number of nitrogens with zero attached hydrogens (tertiary/aromatic N) is 5. The molecule has 3 aromatic rings. The molecular formula is C21H27N5O3S. The van der Waals surface area contributed by atoms with Crippen LogP contribution in [0.25, 0.3) is 10.2 Å². The Balaban J connectivity index is 1.55. The molecular weight excluding hydrogens is 402 g/mol. The normalized spacial score (nSPS) is 14.9. The molecule has 30 heavy (non-hydrogen) atoms. The summed E-state index contributed by atoms with van der Waals surface area (Å²) in [4.78, 5) is 22.1. The zero-order valence-electron chi connectivity index (χ0n) is 17.4. The summed E-state index contributed by atoms with van der Waals surface area (Å²) in [6.45, 7) is 7.52. The maximum Gasteiger partial charge on any atom is 0.280 e. The molecule has 1 amide bonds. The zero-order chi connectivity index (χ0) is 20.9. The van der Waals surface area contributed by atoms with Gasteiger partial charge in [-0.15, -0.1) is 0 Å². The number of ether oxygens (including phenoxy) is 2. The van der Waals surface area contributed by atoms with Gasteiger partial charge in [0.2, 0.25) is 0 Å². The van der Waals surface area contributed by atoms with Crippen molar-refractivity contribution >= 4 is 32.6 Å². The molecule has 0 aliphatic carbocycles. The van der Waals surface area contributed by atoms with Crippen LogP contribution in [0, 0.1) is 0 Å². The molecule has 0 spiro atoms. The first-order valence-corrected chi connectivity index (χ1v) is 11.1. The topological polar surface area (TPSA) is 72.7 Å². The molecule has 9 heteroatoms. The lowest BCUT2D eigenvalue weighted by molar-refractivity contribution is 0.0376. The fourth-order valence-corrected chi connectivity index (χ4v) is 4.51. The van der Waals surface area contributed by atoms with Gasteiger partial charge in [0, 0.05) is 39.4 Å². The van der Waals surface area contributed by atoms with Crippen molar-refractivity contribution in [1.82, 2.24) is 19.7 Å². The zero-order valence-corrected chi connectivity index (χ0v) is 18.2. The van der Waals surface area contributed by atoms with E-state index in [4.69, 9.17) is 14.5 Å². The minimum atomic E-state index is -0.123. The molecule has 0 unspecified atom stereocenters. The van der Waals surface area contributed by atoms with Crippen LogP contribution in [0.3, 0.4) is 0 Å². The quantitative estimate of drug-likeness (QED) is 0.548. The van der Waals surface area contributed by atoms with Gasteiger partial charge < -0.3 is 9.47 Å². The summed E-state index contributed by atoms with van der Waals surface area (Å²) in [6.07, 6.45) is 2.64. The summed E-state index contributed by atoms with van der Waals surface area (Å²) in [5, 5.41) is 4.99. The van der Waals surface area contributed by atoms with Crippen LogP contribution in [-0.2, 0) is 11.8 Å². The highest BCUT2D eigenvalue weighted by Crippen LogP contribution is 2.32. The first-order valence-electron chi connectivity index (χ1n) is 10.3. The molecule has 1 fully saturated rings. The van der Waals surface area contributed by atoms with Gasteiger partial charge in [-0.2, -0.15) is 5.10 Å². The highest BCUT2D eigenvalue weighted by Gasteiger charge is 2.23. The van der Waals surface area contributed by atoms with E-state index in [1.165, 1.54) is 11.3 Å². The van der Waals surface area contributed by atoms with Gasteiger partial charge in [0.1, 0.15) is 5.75 Å². The molecule has 2 aromatic heterocycles. The van der Waals surface area contributed by atoms with Gasteiger partial charge in [0.15, 0.2) is 10.8 Å². The van der Waals surface area contributed by atoms with Gasteiger partial charge in [0.05, 0.1) is 30.0 Å². The van der Waals surface area contributed by atoms with E-state index in [0.29, 0.717) is 24.0 Å². The second-order valence-corrected chi connectivity index (χ2v) is 8.21. The second-order valence-electron chi connectivity index (χ2n) is 7.20. The Morgan fingerprint density at radius 3 is 2.87 bits per heavy atom. The summed E-state index contributed by atoms with van der Waals surface area (Å²) in [6, 6.07) is 7.59. The van der Waals surface area contributed by atoms with Gasteiger partial charge >= 0.3 is 0 Å². The van der Waals surface area contributed by atoms with Gasteiger partial charge in [-0.1, -0.05) is 11.3 Å². The Morgan fingerprint density at radius 2 is 2.13 bits per heavy atom. The molecule has 1 saturated heterocycles. The lowest BCUT2D eigenvalue weighted by atomic mass is 10.3. The van der Waals surface area contributed by atoms with Crippen LogP contribution in [-0.4, -0.2) is 71.6 Å². The van der Waals surface area contributed by atoms with E-state index in [-0.39, 0.29) is 5.91 Å². The minimum Gasteiger partial charge on any atom is -0.494 e.